The number of ketones is 3. The number of ether oxygens (including phenoxy) is 3. The van der Waals surface area contributed by atoms with Gasteiger partial charge in [0, 0.05) is 22.3 Å². The summed E-state index contributed by atoms with van der Waals surface area (Å²) in [6.45, 7) is 3.39. The summed E-state index contributed by atoms with van der Waals surface area (Å²) in [7, 11) is 1.09. The van der Waals surface area contributed by atoms with E-state index in [1.54, 1.807) is 44.2 Å². The number of hydrogen-bond donors (Lipinski definition) is 1. The lowest BCUT2D eigenvalue weighted by molar-refractivity contribution is -0.246. The van der Waals surface area contributed by atoms with Gasteiger partial charge in [0.05, 0.1) is 12.7 Å². The van der Waals surface area contributed by atoms with Gasteiger partial charge in [-0.15, -0.1) is 0 Å². The SMILES string of the molecule is COC(=O)C12C(=O)c3ccccc3C(O)(C13C=CC(C)(C)O3)[C@]13O[C@]21C(=O)c1ccccc1C3=O. The van der Waals surface area contributed by atoms with Gasteiger partial charge >= 0.3 is 5.97 Å². The highest BCUT2D eigenvalue weighted by molar-refractivity contribution is 6.35. The summed E-state index contributed by atoms with van der Waals surface area (Å²) in [5.74, 6) is -3.34. The molecule has 1 N–H and O–H groups in total. The summed E-state index contributed by atoms with van der Waals surface area (Å²) < 4.78 is 17.7. The molecule has 5 aliphatic rings. The average Bonchev–Trinajstić information content (AvgIpc) is 3.45. The maximum Gasteiger partial charge on any atom is 0.326 e. The van der Waals surface area contributed by atoms with E-state index >= 15 is 0 Å². The van der Waals surface area contributed by atoms with Crippen LogP contribution in [0.2, 0.25) is 0 Å². The highest BCUT2D eigenvalue weighted by atomic mass is 16.7. The molecule has 0 aromatic heterocycles. The topological polar surface area (TPSA) is 120 Å². The summed E-state index contributed by atoms with van der Waals surface area (Å²) in [5.41, 5.74) is -12.6. The molecule has 2 aliphatic heterocycles. The molecule has 7 rings (SSSR count). The minimum atomic E-state index is -2.51. The Kier molecular flexibility index (Phi) is 3.29. The molecule has 2 heterocycles. The van der Waals surface area contributed by atoms with Crippen molar-refractivity contribution in [2.75, 3.05) is 7.11 Å². The first-order valence-corrected chi connectivity index (χ1v) is 11.3. The van der Waals surface area contributed by atoms with Crippen molar-refractivity contribution in [3.63, 3.8) is 0 Å². The van der Waals surface area contributed by atoms with Gasteiger partial charge in [-0.3, -0.25) is 19.2 Å². The number of hydrogen-bond acceptors (Lipinski definition) is 8. The minimum Gasteiger partial charge on any atom is -0.468 e. The van der Waals surface area contributed by atoms with Gasteiger partial charge in [-0.05, 0) is 19.9 Å². The zero-order chi connectivity index (χ0) is 24.8. The number of fused-ring (bicyclic) bond motifs is 3. The Labute approximate surface area is 199 Å². The van der Waals surface area contributed by atoms with Gasteiger partial charge in [0.1, 0.15) is 0 Å². The monoisotopic (exact) mass is 472 g/mol. The molecule has 0 amide bonds. The first kappa shape index (κ1) is 20.9. The van der Waals surface area contributed by atoms with Crippen LogP contribution in [0, 0.1) is 5.41 Å². The third-order valence-corrected chi connectivity index (χ3v) is 8.49. The summed E-state index contributed by atoms with van der Waals surface area (Å²) in [5, 5.41) is 12.9. The van der Waals surface area contributed by atoms with Gasteiger partial charge < -0.3 is 19.3 Å². The molecular weight excluding hydrogens is 452 g/mol. The molecule has 1 saturated carbocycles. The molecule has 2 bridgehead atoms. The molecule has 2 aromatic carbocycles. The number of carbonyl (C=O) groups excluding carboxylic acids is 4. The van der Waals surface area contributed by atoms with Crippen LogP contribution in [0.5, 0.6) is 0 Å². The van der Waals surface area contributed by atoms with Crippen LogP contribution in [0.3, 0.4) is 0 Å². The number of methoxy groups -OCH3 is 1. The van der Waals surface area contributed by atoms with E-state index in [1.807, 2.05) is 0 Å². The van der Waals surface area contributed by atoms with Gasteiger partial charge in [0.15, 0.2) is 22.6 Å². The molecular formula is C27H20O8. The zero-order valence-corrected chi connectivity index (χ0v) is 19.1. The van der Waals surface area contributed by atoms with Crippen molar-refractivity contribution in [3.05, 3.63) is 82.9 Å². The standard InChI is InChI=1S/C27H20O8/c1-22(2)12-13-23(34-22)24(21(31)33-3)18(28)16-10-6-7-11-17(16)25(23,32)27-20(30)15-9-5-4-8-14(15)19(29)26(24,27)35-27/h4-13,32H,1-3H3/t23?,24?,25?,26-,27+/m1/s1. The van der Waals surface area contributed by atoms with Gasteiger partial charge in [-0.25, -0.2) is 0 Å². The number of aliphatic hydroxyl groups is 1. The Morgan fingerprint density at radius 3 is 1.94 bits per heavy atom. The van der Waals surface area contributed by atoms with Crippen molar-refractivity contribution in [1.29, 1.82) is 0 Å². The van der Waals surface area contributed by atoms with Gasteiger partial charge in [0.25, 0.3) is 0 Å². The van der Waals surface area contributed by atoms with E-state index in [4.69, 9.17) is 14.2 Å². The van der Waals surface area contributed by atoms with Crippen molar-refractivity contribution in [2.45, 2.75) is 41.9 Å². The van der Waals surface area contributed by atoms with Crippen LogP contribution < -0.4 is 0 Å². The summed E-state index contributed by atoms with van der Waals surface area (Å²) in [6, 6.07) is 12.3. The van der Waals surface area contributed by atoms with Crippen molar-refractivity contribution < 1.29 is 38.5 Å². The first-order valence-electron chi connectivity index (χ1n) is 11.3. The van der Waals surface area contributed by atoms with E-state index in [1.165, 1.54) is 30.3 Å². The number of rotatable bonds is 1. The zero-order valence-electron chi connectivity index (χ0n) is 19.1. The lowest BCUT2D eigenvalue weighted by atomic mass is 9.55. The van der Waals surface area contributed by atoms with Crippen LogP contribution >= 0.6 is 0 Å². The van der Waals surface area contributed by atoms with Crippen LogP contribution in [0.4, 0.5) is 0 Å². The Morgan fingerprint density at radius 1 is 0.800 bits per heavy atom. The van der Waals surface area contributed by atoms with Crippen LogP contribution in [-0.2, 0) is 24.6 Å². The minimum absolute atomic E-state index is 0.00818. The van der Waals surface area contributed by atoms with E-state index in [9.17, 15) is 24.3 Å². The number of Topliss-reactive ketones (excluding diaryl/α,β-unsaturated/α-hetero) is 3. The third-order valence-electron chi connectivity index (χ3n) is 8.49. The molecule has 8 nitrogen and oxygen atoms in total. The predicted octanol–water partition coefficient (Wildman–Crippen LogP) is 1.93. The quantitative estimate of drug-likeness (QED) is 0.289. The van der Waals surface area contributed by atoms with E-state index in [2.05, 4.69) is 0 Å². The van der Waals surface area contributed by atoms with Crippen molar-refractivity contribution in [1.82, 2.24) is 0 Å². The van der Waals surface area contributed by atoms with E-state index in [0.717, 1.165) is 7.11 Å². The van der Waals surface area contributed by atoms with Crippen molar-refractivity contribution >= 4 is 23.3 Å². The third kappa shape index (κ3) is 1.60. The van der Waals surface area contributed by atoms with Crippen LogP contribution in [0.15, 0.2) is 60.7 Å². The lowest BCUT2D eigenvalue weighted by Gasteiger charge is -2.53. The molecule has 2 fully saturated rings. The Bertz CT molecular complexity index is 1490. The lowest BCUT2D eigenvalue weighted by Crippen LogP contribution is -2.72. The van der Waals surface area contributed by atoms with Crippen molar-refractivity contribution in [3.8, 4) is 0 Å². The molecule has 8 heteroatoms. The Morgan fingerprint density at radius 2 is 1.37 bits per heavy atom. The normalized spacial score (nSPS) is 40.7. The predicted molar refractivity (Wildman–Crippen MR) is 118 cm³/mol. The molecule has 5 atom stereocenters. The fraction of sp³-hybridized carbons (Fsp3) is 0.333. The highest BCUT2D eigenvalue weighted by Crippen LogP contribution is 2.85. The van der Waals surface area contributed by atoms with Crippen LogP contribution in [0.25, 0.3) is 0 Å². The number of benzene rings is 2. The largest absolute Gasteiger partial charge is 0.468 e. The van der Waals surface area contributed by atoms with Gasteiger partial charge in [-0.2, -0.15) is 0 Å². The highest BCUT2D eigenvalue weighted by Gasteiger charge is 3.10. The van der Waals surface area contributed by atoms with E-state index in [-0.39, 0.29) is 22.3 Å². The summed E-state index contributed by atoms with van der Waals surface area (Å²) in [6.07, 6.45) is 3.05. The van der Waals surface area contributed by atoms with Gasteiger partial charge in [0.2, 0.25) is 22.6 Å². The molecule has 1 spiro atoms. The maximum atomic E-state index is 14.5. The Balaban J connectivity index is 1.73. The first-order chi connectivity index (χ1) is 16.5. The molecule has 35 heavy (non-hydrogen) atoms. The van der Waals surface area contributed by atoms with Gasteiger partial charge in [-0.1, -0.05) is 54.6 Å². The second-order valence-electron chi connectivity index (χ2n) is 10.3. The Hall–Kier alpha value is -3.46. The number of carbonyl (C=O) groups is 4. The fourth-order valence-corrected chi connectivity index (χ4v) is 7.33. The molecule has 3 aliphatic carbocycles. The molecule has 3 unspecified atom stereocenters. The second-order valence-corrected chi connectivity index (χ2v) is 10.3. The fourth-order valence-electron chi connectivity index (χ4n) is 7.33. The number of epoxide rings is 1. The van der Waals surface area contributed by atoms with Crippen LogP contribution in [0.1, 0.15) is 50.5 Å². The van der Waals surface area contributed by atoms with Crippen molar-refractivity contribution in [2.24, 2.45) is 5.41 Å². The molecule has 0 radical (unpaired) electrons. The number of esters is 1. The average molecular weight is 472 g/mol. The van der Waals surface area contributed by atoms with Crippen LogP contribution in [-0.4, -0.2) is 57.9 Å². The molecule has 176 valence electrons. The second kappa shape index (κ2) is 5.51. The molecule has 2 aromatic rings. The molecule has 1 saturated heterocycles. The smallest absolute Gasteiger partial charge is 0.326 e. The summed E-state index contributed by atoms with van der Waals surface area (Å²) >= 11 is 0. The van der Waals surface area contributed by atoms with E-state index < -0.39 is 56.7 Å². The summed E-state index contributed by atoms with van der Waals surface area (Å²) in [4.78, 5) is 56.9. The maximum absolute atomic E-state index is 14.5. The van der Waals surface area contributed by atoms with E-state index in [0.29, 0.717) is 0 Å².